The first kappa shape index (κ1) is 24.5. The van der Waals surface area contributed by atoms with Crippen LogP contribution in [0.3, 0.4) is 0 Å². The molecule has 2 aliphatic heterocycles. The van der Waals surface area contributed by atoms with Gasteiger partial charge in [0.1, 0.15) is 5.75 Å². The number of hydrogen-bond acceptors (Lipinski definition) is 4. The molecule has 1 aliphatic carbocycles. The summed E-state index contributed by atoms with van der Waals surface area (Å²) in [5, 5.41) is 6.99. The zero-order valence-electron chi connectivity index (χ0n) is 21.8. The molecule has 6 heteroatoms. The number of rotatable bonds is 5. The summed E-state index contributed by atoms with van der Waals surface area (Å²) < 4.78 is 5.58. The van der Waals surface area contributed by atoms with E-state index in [2.05, 4.69) is 51.9 Å². The number of fused-ring (bicyclic) bond motifs is 3. The molecule has 0 spiro atoms. The van der Waals surface area contributed by atoms with Crippen molar-refractivity contribution < 1.29 is 14.3 Å². The maximum Gasteiger partial charge on any atom is 0.251 e. The van der Waals surface area contributed by atoms with Crippen LogP contribution in [-0.2, 0) is 4.79 Å². The molecule has 0 bridgehead atoms. The Labute approximate surface area is 224 Å². The summed E-state index contributed by atoms with van der Waals surface area (Å²) in [7, 11) is 1.68. The van der Waals surface area contributed by atoms with Gasteiger partial charge in [-0.15, -0.1) is 0 Å². The molecule has 0 radical (unpaired) electrons. The van der Waals surface area contributed by atoms with Crippen molar-refractivity contribution in [3.05, 3.63) is 95.6 Å². The van der Waals surface area contributed by atoms with Gasteiger partial charge >= 0.3 is 0 Å². The number of methoxy groups -OCH3 is 1. The van der Waals surface area contributed by atoms with E-state index >= 15 is 0 Å². The number of amides is 2. The molecule has 196 valence electrons. The van der Waals surface area contributed by atoms with Crippen molar-refractivity contribution in [3.8, 4) is 5.75 Å². The molecule has 1 saturated heterocycles. The fraction of sp³-hybridized carbons (Fsp3) is 0.375. The number of likely N-dealkylation sites (tertiary alicyclic amines) is 1. The molecular formula is C32H35N3O3. The van der Waals surface area contributed by atoms with Crippen molar-refractivity contribution in [1.29, 1.82) is 0 Å². The third-order valence-corrected chi connectivity index (χ3v) is 8.64. The number of ether oxygens (including phenoxy) is 1. The second kappa shape index (κ2) is 10.5. The third-order valence-electron chi connectivity index (χ3n) is 8.64. The summed E-state index contributed by atoms with van der Waals surface area (Å²) in [5.41, 5.74) is 4.05. The van der Waals surface area contributed by atoms with Gasteiger partial charge in [0.05, 0.1) is 25.1 Å². The van der Waals surface area contributed by atoms with Crippen LogP contribution in [0.1, 0.15) is 65.7 Å². The molecule has 1 saturated carbocycles. The molecule has 6 nitrogen and oxygen atoms in total. The van der Waals surface area contributed by atoms with Gasteiger partial charge in [0.25, 0.3) is 5.91 Å². The largest absolute Gasteiger partial charge is 0.497 e. The second-order valence-electron chi connectivity index (χ2n) is 10.8. The lowest BCUT2D eigenvalue weighted by atomic mass is 9.79. The third kappa shape index (κ3) is 4.53. The molecule has 3 aromatic carbocycles. The second-order valence-corrected chi connectivity index (χ2v) is 10.8. The van der Waals surface area contributed by atoms with Gasteiger partial charge in [-0.2, -0.15) is 0 Å². The summed E-state index contributed by atoms with van der Waals surface area (Å²) in [6.45, 7) is 0.714. The highest BCUT2D eigenvalue weighted by Crippen LogP contribution is 2.52. The van der Waals surface area contributed by atoms with Gasteiger partial charge in [-0.3, -0.25) is 9.59 Å². The van der Waals surface area contributed by atoms with Crippen LogP contribution in [0.5, 0.6) is 5.75 Å². The maximum absolute atomic E-state index is 14.3. The molecule has 3 aliphatic rings. The van der Waals surface area contributed by atoms with E-state index in [-0.39, 0.29) is 41.8 Å². The highest BCUT2D eigenvalue weighted by molar-refractivity contribution is 5.95. The fourth-order valence-corrected chi connectivity index (χ4v) is 6.77. The smallest absolute Gasteiger partial charge is 0.251 e. The van der Waals surface area contributed by atoms with Crippen molar-refractivity contribution in [2.24, 2.45) is 11.8 Å². The minimum absolute atomic E-state index is 0.0357. The SMILES string of the molecule is COc1ccc2c(c1)[C@@H]1[C@@H](CCN1C(=O)[C@H]1CCCC[C@H]1NC(=O)c1ccccc1)[C@@H](c1ccccc1)N2. The van der Waals surface area contributed by atoms with Crippen LogP contribution in [0.25, 0.3) is 0 Å². The van der Waals surface area contributed by atoms with E-state index in [4.69, 9.17) is 4.74 Å². The Morgan fingerprint density at radius 2 is 1.66 bits per heavy atom. The van der Waals surface area contributed by atoms with Crippen LogP contribution in [0.2, 0.25) is 0 Å². The van der Waals surface area contributed by atoms with E-state index in [1.165, 1.54) is 5.56 Å². The van der Waals surface area contributed by atoms with Gasteiger partial charge in [0, 0.05) is 35.3 Å². The molecule has 2 fully saturated rings. The van der Waals surface area contributed by atoms with Gasteiger partial charge in [-0.05, 0) is 55.2 Å². The topological polar surface area (TPSA) is 70.7 Å². The average Bonchev–Trinajstić information content (AvgIpc) is 3.43. The number of nitrogens with zero attached hydrogens (tertiary/aromatic N) is 1. The Hall–Kier alpha value is -3.80. The standard InChI is InChI=1S/C32H35N3O3/c1-38-23-16-17-28-26(20-23)30-25(29(33-28)21-10-4-2-5-11-21)18-19-35(30)32(37)24-14-8-9-15-27(24)34-31(36)22-12-6-3-7-13-22/h2-7,10-13,16-17,20,24-25,27,29-30,33H,8-9,14-15,18-19H2,1H3,(H,34,36)/t24-,25-,27+,29+,30-/m0/s1. The van der Waals surface area contributed by atoms with E-state index in [1.807, 2.05) is 42.5 Å². The van der Waals surface area contributed by atoms with E-state index in [9.17, 15) is 9.59 Å². The van der Waals surface area contributed by atoms with E-state index in [1.54, 1.807) is 7.11 Å². The van der Waals surface area contributed by atoms with Crippen LogP contribution in [0.4, 0.5) is 5.69 Å². The quantitative estimate of drug-likeness (QED) is 0.460. The molecule has 6 rings (SSSR count). The van der Waals surface area contributed by atoms with Crippen LogP contribution in [0, 0.1) is 11.8 Å². The molecule has 38 heavy (non-hydrogen) atoms. The monoisotopic (exact) mass is 509 g/mol. The van der Waals surface area contributed by atoms with Crippen LogP contribution in [0.15, 0.2) is 78.9 Å². The number of benzene rings is 3. The molecule has 0 unspecified atom stereocenters. The molecule has 5 atom stereocenters. The van der Waals surface area contributed by atoms with Crippen molar-refractivity contribution in [2.75, 3.05) is 19.0 Å². The Balaban J connectivity index is 1.31. The van der Waals surface area contributed by atoms with Gasteiger partial charge in [0.15, 0.2) is 0 Å². The minimum atomic E-state index is -0.214. The lowest BCUT2D eigenvalue weighted by Gasteiger charge is -2.42. The van der Waals surface area contributed by atoms with E-state index in [0.717, 1.165) is 49.1 Å². The molecule has 2 N–H and O–H groups in total. The summed E-state index contributed by atoms with van der Waals surface area (Å²) in [5.74, 6) is 0.900. The Morgan fingerprint density at radius 1 is 0.921 bits per heavy atom. The Bertz CT molecular complexity index is 1300. The minimum Gasteiger partial charge on any atom is -0.497 e. The highest BCUT2D eigenvalue weighted by atomic mass is 16.5. The summed E-state index contributed by atoms with van der Waals surface area (Å²) >= 11 is 0. The number of carbonyl (C=O) groups excluding carboxylic acids is 2. The lowest BCUT2D eigenvalue weighted by Crippen LogP contribution is -2.50. The first-order chi connectivity index (χ1) is 18.6. The summed E-state index contributed by atoms with van der Waals surface area (Å²) in [4.78, 5) is 29.4. The normalized spacial score (nSPS) is 26.0. The van der Waals surface area contributed by atoms with Crippen molar-refractivity contribution >= 4 is 17.5 Å². The molecule has 2 heterocycles. The fourth-order valence-electron chi connectivity index (χ4n) is 6.77. The maximum atomic E-state index is 14.3. The van der Waals surface area contributed by atoms with Crippen molar-refractivity contribution in [3.63, 3.8) is 0 Å². The highest BCUT2D eigenvalue weighted by Gasteiger charge is 2.48. The predicted molar refractivity (Wildman–Crippen MR) is 148 cm³/mol. The molecular weight excluding hydrogens is 474 g/mol. The number of nitrogens with one attached hydrogen (secondary N) is 2. The summed E-state index contributed by atoms with van der Waals surface area (Å²) in [6.07, 6.45) is 4.59. The summed E-state index contributed by atoms with van der Waals surface area (Å²) in [6, 6.07) is 25.9. The number of anilines is 1. The van der Waals surface area contributed by atoms with E-state index < -0.39 is 0 Å². The van der Waals surface area contributed by atoms with Crippen LogP contribution in [-0.4, -0.2) is 36.4 Å². The Kier molecular flexibility index (Phi) is 6.79. The number of carbonyl (C=O) groups is 2. The zero-order chi connectivity index (χ0) is 26.1. The predicted octanol–water partition coefficient (Wildman–Crippen LogP) is 5.74. The van der Waals surface area contributed by atoms with Crippen molar-refractivity contribution in [1.82, 2.24) is 10.2 Å². The van der Waals surface area contributed by atoms with Gasteiger partial charge in [-0.25, -0.2) is 0 Å². The first-order valence-corrected chi connectivity index (χ1v) is 13.8. The van der Waals surface area contributed by atoms with Gasteiger partial charge in [-0.1, -0.05) is 61.4 Å². The number of hydrogen-bond donors (Lipinski definition) is 2. The van der Waals surface area contributed by atoms with E-state index in [0.29, 0.717) is 12.1 Å². The molecule has 3 aromatic rings. The first-order valence-electron chi connectivity index (χ1n) is 13.8. The Morgan fingerprint density at radius 3 is 2.42 bits per heavy atom. The van der Waals surface area contributed by atoms with Gasteiger partial charge in [0.2, 0.25) is 5.91 Å². The van der Waals surface area contributed by atoms with Crippen molar-refractivity contribution in [2.45, 2.75) is 50.2 Å². The van der Waals surface area contributed by atoms with Crippen LogP contribution < -0.4 is 15.4 Å². The molecule has 0 aromatic heterocycles. The molecule has 2 amide bonds. The van der Waals surface area contributed by atoms with Crippen LogP contribution >= 0.6 is 0 Å². The average molecular weight is 510 g/mol. The zero-order valence-corrected chi connectivity index (χ0v) is 21.8. The lowest BCUT2D eigenvalue weighted by molar-refractivity contribution is -0.138. The van der Waals surface area contributed by atoms with Gasteiger partial charge < -0.3 is 20.3 Å².